The van der Waals surface area contributed by atoms with Gasteiger partial charge in [-0.25, -0.2) is 4.98 Å². The van der Waals surface area contributed by atoms with Crippen molar-refractivity contribution in [1.82, 2.24) is 9.97 Å². The van der Waals surface area contributed by atoms with E-state index in [1.54, 1.807) is 49.4 Å². The number of fused-ring (bicyclic) bond motifs is 1. The molecule has 0 aliphatic rings. The molecule has 2 heterocycles. The molecule has 0 atom stereocenters. The summed E-state index contributed by atoms with van der Waals surface area (Å²) in [6.45, 7) is 1.80. The summed E-state index contributed by atoms with van der Waals surface area (Å²) in [5.41, 5.74) is 18.0. The molecule has 0 fully saturated rings. The van der Waals surface area contributed by atoms with Crippen LogP contribution in [0.2, 0.25) is 0 Å². The molecule has 4 aromatic carbocycles. The van der Waals surface area contributed by atoms with E-state index in [9.17, 15) is 15.0 Å². The molecule has 0 amide bonds. The summed E-state index contributed by atoms with van der Waals surface area (Å²) < 4.78 is 0. The maximum Gasteiger partial charge on any atom is 0.250 e. The molecular weight excluding hydrogens is 600 g/mol. The van der Waals surface area contributed by atoms with Crippen LogP contribution in [0.1, 0.15) is 5.56 Å². The van der Waals surface area contributed by atoms with E-state index >= 15 is 0 Å². The Bertz CT molecular complexity index is 1830. The summed E-state index contributed by atoms with van der Waals surface area (Å²) in [6.07, 6.45) is 0. The van der Waals surface area contributed by atoms with Crippen LogP contribution >= 0.6 is 0 Å². The average Bonchev–Trinajstić information content (AvgIpc) is 3.01. The largest absolute Gasteiger partial charge is 0.508 e. The fourth-order valence-electron chi connectivity index (χ4n) is 3.67. The first-order chi connectivity index (χ1) is 22.3. The topological polar surface area (TPSA) is 228 Å². The second-order valence-electron chi connectivity index (χ2n) is 9.95. The Kier molecular flexibility index (Phi) is 14.3. The van der Waals surface area contributed by atoms with E-state index in [1.165, 1.54) is 36.4 Å². The molecule has 12 heteroatoms. The number of hydrogen-bond donors (Lipinski definition) is 9. The third kappa shape index (κ3) is 12.9. The van der Waals surface area contributed by atoms with Gasteiger partial charge < -0.3 is 47.6 Å². The van der Waals surface area contributed by atoms with Crippen LogP contribution in [0.3, 0.4) is 0 Å². The first-order valence-electron chi connectivity index (χ1n) is 14.0. The number of H-pyrrole nitrogens is 1. The lowest BCUT2D eigenvalue weighted by Gasteiger charge is -2.16. The maximum atomic E-state index is 10.3. The van der Waals surface area contributed by atoms with Gasteiger partial charge in [0, 0.05) is 42.9 Å². The Morgan fingerprint density at radius 2 is 1.21 bits per heavy atom. The van der Waals surface area contributed by atoms with Crippen LogP contribution in [-0.4, -0.2) is 49.6 Å². The number of aromatic hydroxyl groups is 5. The number of phenolic OH excluding ortho intramolecular Hbond substituents is 4. The molecule has 12 N–H and O–H groups in total. The number of pyridine rings is 2. The van der Waals surface area contributed by atoms with Crippen molar-refractivity contribution in [3.8, 4) is 28.9 Å². The molecule has 0 spiro atoms. The van der Waals surface area contributed by atoms with Gasteiger partial charge in [0.05, 0.1) is 5.69 Å². The van der Waals surface area contributed by atoms with Crippen molar-refractivity contribution >= 4 is 33.8 Å². The number of nitrogens with two attached hydrogens (primary N) is 3. The monoisotopic (exact) mass is 640 g/mol. The van der Waals surface area contributed by atoms with Crippen molar-refractivity contribution < 1.29 is 25.5 Å². The quantitative estimate of drug-likeness (QED) is 0.104. The lowest BCUT2D eigenvalue weighted by Crippen LogP contribution is -2.09. The zero-order valence-corrected chi connectivity index (χ0v) is 26.2. The van der Waals surface area contributed by atoms with Crippen LogP contribution in [0, 0.1) is 6.92 Å². The Morgan fingerprint density at radius 1 is 0.660 bits per heavy atom. The van der Waals surface area contributed by atoms with Crippen LogP contribution < -0.4 is 27.7 Å². The van der Waals surface area contributed by atoms with Crippen LogP contribution in [0.15, 0.2) is 120 Å². The maximum absolute atomic E-state index is 10.3. The Balaban J connectivity index is 0.000000207. The highest BCUT2D eigenvalue weighted by molar-refractivity contribution is 5.87. The highest BCUT2D eigenvalue weighted by atomic mass is 16.3. The van der Waals surface area contributed by atoms with Gasteiger partial charge in [0.15, 0.2) is 5.88 Å². The van der Waals surface area contributed by atoms with E-state index in [0.717, 1.165) is 22.0 Å². The smallest absolute Gasteiger partial charge is 0.250 e. The number of hydrogen-bond acceptors (Lipinski definition) is 11. The van der Waals surface area contributed by atoms with E-state index in [0.29, 0.717) is 23.1 Å². The number of nitrogens with zero attached hydrogens (tertiary/aromatic N) is 2. The zero-order chi connectivity index (χ0) is 34.9. The summed E-state index contributed by atoms with van der Waals surface area (Å²) >= 11 is 0. The third-order valence-corrected chi connectivity index (χ3v) is 6.07. The van der Waals surface area contributed by atoms with Gasteiger partial charge in [0.2, 0.25) is 0 Å². The average molecular weight is 641 g/mol. The number of rotatable bonds is 1. The molecule has 0 unspecified atom stereocenters. The fraction of sp³-hybridized carbons (Fsp3) is 0.0857. The summed E-state index contributed by atoms with van der Waals surface area (Å²) in [6, 6.07) is 32.1. The van der Waals surface area contributed by atoms with E-state index in [-0.39, 0.29) is 28.7 Å². The number of benzene rings is 4. The molecule has 0 aliphatic carbocycles. The highest BCUT2D eigenvalue weighted by Crippen LogP contribution is 2.32. The standard InChI is InChI=1S/C10H8O.C9H14N2O.C6H6O2.C5H7N3.C5H5NO2/c11-10-7-3-5-8-4-1-2-6-9(8)10;1-6-7(10)4-5-8(9(6)12)11(2)3;7-5-2-1-3-6(8)4-5;6-4-2-1-3-5(7)8-4;7-4-2-1-3-5(8)6-4/h1-7,11H;4-5,12H,10H2,1-3H3;1-4,7-8H;1-3H,(H4,6,7,8);1-3H,(H2,6,7,8). The second kappa shape index (κ2) is 18.3. The second-order valence-corrected chi connectivity index (χ2v) is 9.95. The van der Waals surface area contributed by atoms with Crippen molar-refractivity contribution in [3.05, 3.63) is 131 Å². The van der Waals surface area contributed by atoms with Crippen LogP contribution in [0.5, 0.6) is 28.9 Å². The predicted octanol–water partition coefficient (Wildman–Crippen LogP) is 5.32. The van der Waals surface area contributed by atoms with Gasteiger partial charge in [0.25, 0.3) is 5.56 Å². The van der Waals surface area contributed by atoms with Gasteiger partial charge in [-0.15, -0.1) is 0 Å². The minimum atomic E-state index is -0.287. The highest BCUT2D eigenvalue weighted by Gasteiger charge is 2.07. The van der Waals surface area contributed by atoms with Crippen molar-refractivity contribution in [2.45, 2.75) is 6.92 Å². The minimum Gasteiger partial charge on any atom is -0.508 e. The third-order valence-electron chi connectivity index (χ3n) is 6.07. The predicted molar refractivity (Wildman–Crippen MR) is 189 cm³/mol. The minimum absolute atomic E-state index is 0.0880. The lowest BCUT2D eigenvalue weighted by atomic mass is 10.1. The van der Waals surface area contributed by atoms with Crippen molar-refractivity contribution in [1.29, 1.82) is 0 Å². The lowest BCUT2D eigenvalue weighted by molar-refractivity contribution is 0.450. The number of nitrogen functional groups attached to an aromatic ring is 3. The number of phenols is 4. The molecule has 47 heavy (non-hydrogen) atoms. The Labute approximate surface area is 272 Å². The number of anilines is 4. The molecule has 0 saturated carbocycles. The SMILES string of the molecule is Cc1c(N)ccc(N(C)C)c1O.Nc1cccc(N)n1.O=c1cccc(O)[nH]1.Oc1cccc(O)c1.Oc1cccc2ccccc12. The van der Waals surface area contributed by atoms with Gasteiger partial charge in [-0.3, -0.25) is 9.78 Å². The van der Waals surface area contributed by atoms with Crippen LogP contribution in [-0.2, 0) is 0 Å². The van der Waals surface area contributed by atoms with Crippen molar-refractivity contribution in [2.75, 3.05) is 36.2 Å². The number of nitrogens with one attached hydrogen (secondary N) is 1. The van der Waals surface area contributed by atoms with Gasteiger partial charge in [-0.1, -0.05) is 54.6 Å². The molecule has 6 aromatic rings. The number of aromatic nitrogens is 2. The number of aromatic amines is 1. The van der Waals surface area contributed by atoms with Gasteiger partial charge in [0.1, 0.15) is 34.6 Å². The summed E-state index contributed by atoms with van der Waals surface area (Å²) in [5.74, 6) is 1.62. The van der Waals surface area contributed by atoms with Gasteiger partial charge in [-0.2, -0.15) is 0 Å². The summed E-state index contributed by atoms with van der Waals surface area (Å²) in [5, 5.41) is 46.9. The van der Waals surface area contributed by atoms with E-state index in [2.05, 4.69) is 9.97 Å². The van der Waals surface area contributed by atoms with E-state index in [4.69, 9.17) is 32.5 Å². The van der Waals surface area contributed by atoms with Gasteiger partial charge in [-0.05, 0) is 60.8 Å². The molecule has 0 radical (unpaired) electrons. The molecule has 0 bridgehead atoms. The molecule has 246 valence electrons. The van der Waals surface area contributed by atoms with E-state index in [1.807, 2.05) is 55.4 Å². The first-order valence-corrected chi connectivity index (χ1v) is 14.0. The molecular formula is C35H40N6O6. The summed E-state index contributed by atoms with van der Waals surface area (Å²) in [7, 11) is 3.76. The molecule has 6 rings (SSSR count). The first kappa shape index (κ1) is 36.6. The zero-order valence-electron chi connectivity index (χ0n) is 26.2. The Morgan fingerprint density at radius 3 is 1.68 bits per heavy atom. The molecule has 12 nitrogen and oxygen atoms in total. The van der Waals surface area contributed by atoms with Crippen molar-refractivity contribution in [3.63, 3.8) is 0 Å². The summed E-state index contributed by atoms with van der Waals surface area (Å²) in [4.78, 5) is 18.0. The van der Waals surface area contributed by atoms with E-state index < -0.39 is 0 Å². The molecule has 2 aromatic heterocycles. The molecule has 0 saturated heterocycles. The van der Waals surface area contributed by atoms with Gasteiger partial charge >= 0.3 is 0 Å². The Hall–Kier alpha value is -6.56. The fourth-order valence-corrected chi connectivity index (χ4v) is 3.67. The molecule has 0 aliphatic heterocycles. The van der Waals surface area contributed by atoms with Crippen LogP contribution in [0.4, 0.5) is 23.0 Å². The normalized spacial score (nSPS) is 9.51. The van der Waals surface area contributed by atoms with Crippen molar-refractivity contribution in [2.24, 2.45) is 0 Å². The van der Waals surface area contributed by atoms with Crippen LogP contribution in [0.25, 0.3) is 10.8 Å².